The molecule has 3 aromatic carbocycles. The van der Waals surface area contributed by atoms with Crippen molar-refractivity contribution in [1.29, 1.82) is 0 Å². The van der Waals surface area contributed by atoms with Crippen molar-refractivity contribution in [2.24, 2.45) is 0 Å². The molecule has 0 atom stereocenters. The van der Waals surface area contributed by atoms with Crippen LogP contribution in [0.25, 0.3) is 16.6 Å². The van der Waals surface area contributed by atoms with Crippen LogP contribution < -0.4 is 0 Å². The summed E-state index contributed by atoms with van der Waals surface area (Å²) in [6, 6.07) is 24.1. The zero-order chi connectivity index (χ0) is 20.5. The minimum Gasteiger partial charge on any atom is -0.339 e. The van der Waals surface area contributed by atoms with E-state index in [2.05, 4.69) is 0 Å². The van der Waals surface area contributed by atoms with Crippen LogP contribution >= 0.6 is 0 Å². The van der Waals surface area contributed by atoms with Crippen molar-refractivity contribution in [3.8, 4) is 5.69 Å². The summed E-state index contributed by atoms with van der Waals surface area (Å²) in [4.78, 5) is 14.7. The highest BCUT2D eigenvalue weighted by molar-refractivity contribution is 5.94. The maximum atomic E-state index is 14.0. The number of halogens is 1. The van der Waals surface area contributed by atoms with Crippen LogP contribution in [0.3, 0.4) is 0 Å². The Bertz CT molecular complexity index is 1180. The molecule has 2 heterocycles. The molecule has 4 aromatic rings. The summed E-state index contributed by atoms with van der Waals surface area (Å²) in [5, 5.41) is 5.88. The Hall–Kier alpha value is -3.47. The number of carbonyl (C=O) groups excluding carboxylic acids is 1. The van der Waals surface area contributed by atoms with E-state index < -0.39 is 0 Å². The first kappa shape index (κ1) is 18.6. The highest BCUT2D eigenvalue weighted by atomic mass is 19.1. The SMILES string of the molecule is O=C(c1ccccc1)N1CCC(c2nn(-c3ccccc3)c3cc(F)ccc23)CC1. The van der Waals surface area contributed by atoms with Crippen molar-refractivity contribution < 1.29 is 9.18 Å². The third-order valence-corrected chi connectivity index (χ3v) is 5.86. The van der Waals surface area contributed by atoms with E-state index in [1.807, 2.05) is 76.3 Å². The van der Waals surface area contributed by atoms with E-state index in [1.165, 1.54) is 6.07 Å². The number of likely N-dealkylation sites (tertiary alicyclic amines) is 1. The number of hydrogen-bond acceptors (Lipinski definition) is 2. The first-order valence-electron chi connectivity index (χ1n) is 10.3. The molecule has 5 heteroatoms. The van der Waals surface area contributed by atoms with Gasteiger partial charge in [0.2, 0.25) is 0 Å². The Morgan fingerprint density at radius 1 is 0.900 bits per heavy atom. The van der Waals surface area contributed by atoms with Crippen molar-refractivity contribution in [2.75, 3.05) is 13.1 Å². The molecule has 30 heavy (non-hydrogen) atoms. The van der Waals surface area contributed by atoms with Gasteiger partial charge in [-0.25, -0.2) is 9.07 Å². The molecule has 5 rings (SSSR count). The van der Waals surface area contributed by atoms with E-state index >= 15 is 0 Å². The van der Waals surface area contributed by atoms with Gasteiger partial charge in [0.25, 0.3) is 5.91 Å². The molecule has 0 saturated carbocycles. The summed E-state index contributed by atoms with van der Waals surface area (Å²) in [6.45, 7) is 1.39. The van der Waals surface area contributed by atoms with Crippen LogP contribution in [0.5, 0.6) is 0 Å². The topological polar surface area (TPSA) is 38.1 Å². The highest BCUT2D eigenvalue weighted by Crippen LogP contribution is 2.34. The number of amides is 1. The quantitative estimate of drug-likeness (QED) is 0.476. The molecule has 1 aliphatic rings. The maximum absolute atomic E-state index is 14.0. The van der Waals surface area contributed by atoms with E-state index in [-0.39, 0.29) is 17.6 Å². The minimum absolute atomic E-state index is 0.0794. The van der Waals surface area contributed by atoms with Crippen LogP contribution in [-0.2, 0) is 0 Å². The number of nitrogens with zero attached hydrogens (tertiary/aromatic N) is 3. The van der Waals surface area contributed by atoms with Crippen LogP contribution in [0.15, 0.2) is 78.9 Å². The lowest BCUT2D eigenvalue weighted by atomic mass is 9.91. The predicted octanol–water partition coefficient (Wildman–Crippen LogP) is 5.18. The normalized spacial score (nSPS) is 14.9. The molecule has 1 fully saturated rings. The molecule has 0 radical (unpaired) electrons. The lowest BCUT2D eigenvalue weighted by Gasteiger charge is -2.31. The van der Waals surface area contributed by atoms with Crippen LogP contribution in [-0.4, -0.2) is 33.7 Å². The van der Waals surface area contributed by atoms with Gasteiger partial charge in [-0.3, -0.25) is 4.79 Å². The zero-order valence-corrected chi connectivity index (χ0v) is 16.5. The van der Waals surface area contributed by atoms with E-state index in [0.29, 0.717) is 13.1 Å². The number of hydrogen-bond donors (Lipinski definition) is 0. The third-order valence-electron chi connectivity index (χ3n) is 5.86. The second-order valence-electron chi connectivity index (χ2n) is 7.73. The van der Waals surface area contributed by atoms with Gasteiger partial charge in [-0.05, 0) is 49.2 Å². The van der Waals surface area contributed by atoms with E-state index in [4.69, 9.17) is 5.10 Å². The molecule has 0 N–H and O–H groups in total. The summed E-state index contributed by atoms with van der Waals surface area (Å²) in [6.07, 6.45) is 1.69. The van der Waals surface area contributed by atoms with Crippen molar-refractivity contribution in [3.63, 3.8) is 0 Å². The molecular formula is C25H22FN3O. The first-order valence-corrected chi connectivity index (χ1v) is 10.3. The van der Waals surface area contributed by atoms with Crippen LogP contribution in [0.2, 0.25) is 0 Å². The van der Waals surface area contributed by atoms with Crippen molar-refractivity contribution >= 4 is 16.8 Å². The van der Waals surface area contributed by atoms with Crippen molar-refractivity contribution in [3.05, 3.63) is 95.9 Å². The van der Waals surface area contributed by atoms with Crippen LogP contribution in [0.1, 0.15) is 34.8 Å². The molecule has 150 valence electrons. The Morgan fingerprint density at radius 3 is 2.27 bits per heavy atom. The molecular weight excluding hydrogens is 377 g/mol. The molecule has 1 saturated heterocycles. The van der Waals surface area contributed by atoms with E-state index in [0.717, 1.165) is 40.7 Å². The average molecular weight is 399 g/mol. The van der Waals surface area contributed by atoms with Crippen LogP contribution in [0, 0.1) is 5.82 Å². The van der Waals surface area contributed by atoms with Gasteiger partial charge in [-0.1, -0.05) is 36.4 Å². The van der Waals surface area contributed by atoms with Gasteiger partial charge >= 0.3 is 0 Å². The largest absolute Gasteiger partial charge is 0.339 e. The molecule has 1 aliphatic heterocycles. The maximum Gasteiger partial charge on any atom is 0.253 e. The van der Waals surface area contributed by atoms with Gasteiger partial charge in [0.15, 0.2) is 0 Å². The number of carbonyl (C=O) groups is 1. The summed E-state index contributed by atoms with van der Waals surface area (Å²) in [5.41, 5.74) is 3.40. The van der Waals surface area contributed by atoms with Gasteiger partial charge in [0.05, 0.1) is 16.9 Å². The zero-order valence-electron chi connectivity index (χ0n) is 16.5. The fourth-order valence-corrected chi connectivity index (χ4v) is 4.30. The smallest absolute Gasteiger partial charge is 0.253 e. The van der Waals surface area contributed by atoms with Crippen molar-refractivity contribution in [2.45, 2.75) is 18.8 Å². The Balaban J connectivity index is 1.43. The van der Waals surface area contributed by atoms with E-state index in [1.54, 1.807) is 6.07 Å². The Kier molecular flexibility index (Phi) is 4.79. The summed E-state index contributed by atoms with van der Waals surface area (Å²) >= 11 is 0. The molecule has 0 unspecified atom stereocenters. The molecule has 1 amide bonds. The van der Waals surface area contributed by atoms with Gasteiger partial charge < -0.3 is 4.90 Å². The number of benzene rings is 3. The fourth-order valence-electron chi connectivity index (χ4n) is 4.30. The van der Waals surface area contributed by atoms with Crippen LogP contribution in [0.4, 0.5) is 4.39 Å². The first-order chi connectivity index (χ1) is 14.7. The average Bonchev–Trinajstić information content (AvgIpc) is 3.18. The lowest BCUT2D eigenvalue weighted by molar-refractivity contribution is 0.0712. The number of fused-ring (bicyclic) bond motifs is 1. The number of para-hydroxylation sites is 1. The number of piperidine rings is 1. The Morgan fingerprint density at radius 2 is 1.57 bits per heavy atom. The summed E-state index contributed by atoms with van der Waals surface area (Å²) in [5.74, 6) is 0.0490. The second kappa shape index (κ2) is 7.75. The number of aromatic nitrogens is 2. The lowest BCUT2D eigenvalue weighted by Crippen LogP contribution is -2.38. The van der Waals surface area contributed by atoms with Gasteiger partial charge in [0.1, 0.15) is 5.82 Å². The van der Waals surface area contributed by atoms with Crippen molar-refractivity contribution in [1.82, 2.24) is 14.7 Å². The molecule has 0 bridgehead atoms. The molecule has 0 aliphatic carbocycles. The fraction of sp³-hybridized carbons (Fsp3) is 0.200. The Labute approximate surface area is 174 Å². The summed E-state index contributed by atoms with van der Waals surface area (Å²) in [7, 11) is 0. The second-order valence-corrected chi connectivity index (χ2v) is 7.73. The molecule has 0 spiro atoms. The third kappa shape index (κ3) is 3.36. The van der Waals surface area contributed by atoms with Gasteiger partial charge in [-0.2, -0.15) is 5.10 Å². The number of rotatable bonds is 3. The standard InChI is InChI=1S/C25H22FN3O/c26-20-11-12-22-23(17-20)29(21-9-5-2-6-10-21)27-24(22)18-13-15-28(16-14-18)25(30)19-7-3-1-4-8-19/h1-12,17-18H,13-16H2. The van der Waals surface area contributed by atoms with E-state index in [9.17, 15) is 9.18 Å². The van der Waals surface area contributed by atoms with Gasteiger partial charge in [0, 0.05) is 36.0 Å². The minimum atomic E-state index is -0.269. The molecule has 4 nitrogen and oxygen atoms in total. The summed E-state index contributed by atoms with van der Waals surface area (Å²) < 4.78 is 15.8. The van der Waals surface area contributed by atoms with Gasteiger partial charge in [-0.15, -0.1) is 0 Å². The molecule has 1 aromatic heterocycles. The highest BCUT2D eigenvalue weighted by Gasteiger charge is 2.28. The predicted molar refractivity (Wildman–Crippen MR) is 115 cm³/mol. The monoisotopic (exact) mass is 399 g/mol.